The fourth-order valence-electron chi connectivity index (χ4n) is 5.10. The SMILES string of the molecule is CNC(=O)c1ccc(-c2ccc3c(c2)CCN([C@H]2CCN(C4CCC4)C2)C3=O)cc1. The highest BCUT2D eigenvalue weighted by Crippen LogP contribution is 2.32. The zero-order valence-electron chi connectivity index (χ0n) is 17.6. The maximum atomic E-state index is 13.2. The Labute approximate surface area is 178 Å². The second kappa shape index (κ2) is 7.88. The molecule has 5 rings (SSSR count). The molecule has 5 nitrogen and oxygen atoms in total. The Morgan fingerprint density at radius 3 is 2.43 bits per heavy atom. The van der Waals surface area contributed by atoms with Gasteiger partial charge in [-0.15, -0.1) is 0 Å². The van der Waals surface area contributed by atoms with Crippen LogP contribution >= 0.6 is 0 Å². The predicted molar refractivity (Wildman–Crippen MR) is 118 cm³/mol. The zero-order chi connectivity index (χ0) is 20.7. The molecule has 0 bridgehead atoms. The van der Waals surface area contributed by atoms with Gasteiger partial charge in [0, 0.05) is 49.9 Å². The van der Waals surface area contributed by atoms with Crippen LogP contribution in [0.25, 0.3) is 11.1 Å². The standard InChI is InChI=1S/C25H29N3O2/c1-26-24(29)18-7-5-17(6-8-18)19-9-10-23-20(15-19)11-14-28(25(23)30)22-12-13-27(16-22)21-3-2-4-21/h5-10,15,21-22H,2-4,11-14,16H2,1H3,(H,26,29)/t22-/m0/s1. The first kappa shape index (κ1) is 19.3. The number of carbonyl (C=O) groups is 2. The maximum absolute atomic E-state index is 13.2. The molecule has 1 saturated carbocycles. The first-order valence-corrected chi connectivity index (χ1v) is 11.1. The van der Waals surface area contributed by atoms with Crippen LogP contribution in [0.1, 0.15) is 52.0 Å². The highest BCUT2D eigenvalue weighted by atomic mass is 16.2. The van der Waals surface area contributed by atoms with E-state index in [0.29, 0.717) is 11.6 Å². The Kier molecular flexibility index (Phi) is 5.07. The average molecular weight is 404 g/mol. The highest BCUT2D eigenvalue weighted by molar-refractivity contribution is 5.98. The van der Waals surface area contributed by atoms with Crippen molar-refractivity contribution in [2.45, 2.75) is 44.2 Å². The molecule has 2 aromatic carbocycles. The van der Waals surface area contributed by atoms with Gasteiger partial charge in [-0.05, 0) is 60.6 Å². The van der Waals surface area contributed by atoms with Gasteiger partial charge in [0.15, 0.2) is 0 Å². The largest absolute Gasteiger partial charge is 0.355 e. The van der Waals surface area contributed by atoms with Crippen LogP contribution in [0.5, 0.6) is 0 Å². The third-order valence-electron chi connectivity index (χ3n) is 7.15. The fraction of sp³-hybridized carbons (Fsp3) is 0.440. The molecule has 2 amide bonds. The van der Waals surface area contributed by atoms with E-state index in [1.54, 1.807) is 7.05 Å². The summed E-state index contributed by atoms with van der Waals surface area (Å²) in [6.45, 7) is 2.99. The minimum atomic E-state index is -0.0829. The predicted octanol–water partition coefficient (Wildman–Crippen LogP) is 3.34. The van der Waals surface area contributed by atoms with Crippen molar-refractivity contribution in [1.29, 1.82) is 0 Å². The van der Waals surface area contributed by atoms with Crippen LogP contribution in [0.15, 0.2) is 42.5 Å². The first-order valence-electron chi connectivity index (χ1n) is 11.1. The summed E-state index contributed by atoms with van der Waals surface area (Å²) in [6.07, 6.45) is 6.03. The van der Waals surface area contributed by atoms with Crippen LogP contribution in [0.2, 0.25) is 0 Å². The van der Waals surface area contributed by atoms with Crippen molar-refractivity contribution in [1.82, 2.24) is 15.1 Å². The molecule has 0 radical (unpaired) electrons. The summed E-state index contributed by atoms with van der Waals surface area (Å²) in [5.41, 5.74) is 4.80. The lowest BCUT2D eigenvalue weighted by molar-refractivity contribution is 0.0646. The summed E-state index contributed by atoms with van der Waals surface area (Å²) >= 11 is 0. The smallest absolute Gasteiger partial charge is 0.254 e. The van der Waals surface area contributed by atoms with Gasteiger partial charge in [-0.25, -0.2) is 0 Å². The minimum Gasteiger partial charge on any atom is -0.355 e. The third-order valence-corrected chi connectivity index (χ3v) is 7.15. The number of likely N-dealkylation sites (tertiary alicyclic amines) is 1. The molecule has 2 heterocycles. The molecule has 2 aliphatic heterocycles. The summed E-state index contributed by atoms with van der Waals surface area (Å²) in [5, 5.41) is 2.64. The highest BCUT2D eigenvalue weighted by Gasteiger charge is 2.37. The Hall–Kier alpha value is -2.66. The molecule has 3 aliphatic rings. The van der Waals surface area contributed by atoms with Crippen molar-refractivity contribution in [3.8, 4) is 11.1 Å². The molecule has 2 fully saturated rings. The molecule has 1 saturated heterocycles. The van der Waals surface area contributed by atoms with Crippen LogP contribution in [-0.2, 0) is 6.42 Å². The lowest BCUT2D eigenvalue weighted by Crippen LogP contribution is -2.47. The van der Waals surface area contributed by atoms with Crippen LogP contribution in [-0.4, -0.2) is 60.4 Å². The number of carbonyl (C=O) groups excluding carboxylic acids is 2. The van der Waals surface area contributed by atoms with E-state index in [9.17, 15) is 9.59 Å². The van der Waals surface area contributed by atoms with E-state index in [0.717, 1.165) is 60.8 Å². The molecular weight excluding hydrogens is 374 g/mol. The van der Waals surface area contributed by atoms with E-state index in [1.165, 1.54) is 19.3 Å². The van der Waals surface area contributed by atoms with Crippen LogP contribution in [0.4, 0.5) is 0 Å². The molecule has 1 N–H and O–H groups in total. The van der Waals surface area contributed by atoms with Crippen molar-refractivity contribution in [3.63, 3.8) is 0 Å². The van der Waals surface area contributed by atoms with Gasteiger partial charge in [-0.1, -0.05) is 30.7 Å². The summed E-state index contributed by atoms with van der Waals surface area (Å²) in [4.78, 5) is 29.7. The third kappa shape index (κ3) is 3.41. The number of nitrogens with zero attached hydrogens (tertiary/aromatic N) is 2. The van der Waals surface area contributed by atoms with Crippen molar-refractivity contribution in [2.75, 3.05) is 26.7 Å². The molecule has 1 atom stereocenters. The average Bonchev–Trinajstić information content (AvgIpc) is 3.21. The van der Waals surface area contributed by atoms with Crippen molar-refractivity contribution in [2.24, 2.45) is 0 Å². The Morgan fingerprint density at radius 1 is 0.967 bits per heavy atom. The maximum Gasteiger partial charge on any atom is 0.254 e. The van der Waals surface area contributed by atoms with Gasteiger partial charge in [0.05, 0.1) is 0 Å². The van der Waals surface area contributed by atoms with E-state index < -0.39 is 0 Å². The molecule has 0 unspecified atom stereocenters. The Bertz CT molecular complexity index is 965. The minimum absolute atomic E-state index is 0.0829. The van der Waals surface area contributed by atoms with Gasteiger partial charge in [0.25, 0.3) is 11.8 Å². The Morgan fingerprint density at radius 2 is 1.73 bits per heavy atom. The lowest BCUT2D eigenvalue weighted by Gasteiger charge is -2.37. The van der Waals surface area contributed by atoms with E-state index in [1.807, 2.05) is 36.4 Å². The molecule has 0 aromatic heterocycles. The lowest BCUT2D eigenvalue weighted by atomic mass is 9.92. The normalized spacial score (nSPS) is 22.0. The second-order valence-electron chi connectivity index (χ2n) is 8.80. The zero-order valence-corrected chi connectivity index (χ0v) is 17.6. The van der Waals surface area contributed by atoms with Crippen molar-refractivity contribution in [3.05, 3.63) is 59.2 Å². The summed E-state index contributed by atoms with van der Waals surface area (Å²) in [5.74, 6) is 0.110. The number of fused-ring (bicyclic) bond motifs is 1. The summed E-state index contributed by atoms with van der Waals surface area (Å²) < 4.78 is 0. The number of amides is 2. The second-order valence-corrected chi connectivity index (χ2v) is 8.80. The number of hydrogen-bond acceptors (Lipinski definition) is 3. The van der Waals surface area contributed by atoms with Gasteiger partial charge in [0.1, 0.15) is 0 Å². The van der Waals surface area contributed by atoms with E-state index in [-0.39, 0.29) is 11.8 Å². The van der Waals surface area contributed by atoms with Gasteiger partial charge < -0.3 is 10.2 Å². The summed E-state index contributed by atoms with van der Waals surface area (Å²) in [7, 11) is 1.64. The van der Waals surface area contributed by atoms with Crippen molar-refractivity contribution < 1.29 is 9.59 Å². The van der Waals surface area contributed by atoms with Crippen LogP contribution in [0, 0.1) is 0 Å². The molecular formula is C25H29N3O2. The van der Waals surface area contributed by atoms with E-state index in [2.05, 4.69) is 21.2 Å². The van der Waals surface area contributed by atoms with Crippen LogP contribution in [0.3, 0.4) is 0 Å². The fourth-order valence-corrected chi connectivity index (χ4v) is 5.10. The molecule has 30 heavy (non-hydrogen) atoms. The van der Waals surface area contributed by atoms with Crippen LogP contribution < -0.4 is 5.32 Å². The van der Waals surface area contributed by atoms with Gasteiger partial charge in [-0.3, -0.25) is 14.5 Å². The van der Waals surface area contributed by atoms with Gasteiger partial charge >= 0.3 is 0 Å². The number of nitrogens with one attached hydrogen (secondary N) is 1. The van der Waals surface area contributed by atoms with Gasteiger partial charge in [0.2, 0.25) is 0 Å². The summed E-state index contributed by atoms with van der Waals surface area (Å²) in [6, 6.07) is 14.9. The Balaban J connectivity index is 1.31. The molecule has 1 aliphatic carbocycles. The topological polar surface area (TPSA) is 52.7 Å². The molecule has 156 valence electrons. The van der Waals surface area contributed by atoms with Crippen molar-refractivity contribution >= 4 is 11.8 Å². The van der Waals surface area contributed by atoms with Gasteiger partial charge in [-0.2, -0.15) is 0 Å². The molecule has 2 aromatic rings. The molecule has 0 spiro atoms. The monoisotopic (exact) mass is 403 g/mol. The molecule has 5 heteroatoms. The quantitative estimate of drug-likeness (QED) is 0.852. The van der Waals surface area contributed by atoms with E-state index in [4.69, 9.17) is 0 Å². The number of hydrogen-bond donors (Lipinski definition) is 1. The number of benzene rings is 2. The number of rotatable bonds is 4. The first-order chi connectivity index (χ1) is 14.6. The van der Waals surface area contributed by atoms with E-state index >= 15 is 0 Å².